The van der Waals surface area contributed by atoms with E-state index in [1.807, 2.05) is 0 Å². The Morgan fingerprint density at radius 3 is 2.38 bits per heavy atom. The molecular formula is C19H22N4O6. The maximum absolute atomic E-state index is 12.0. The fraction of sp³-hybridized carbons (Fsp3) is 0.211. The quantitative estimate of drug-likeness (QED) is 0.171. The monoisotopic (exact) mass is 402 g/mol. The number of anilines is 1. The number of aliphatic carboxylic acids is 1. The first-order chi connectivity index (χ1) is 13.8. The molecule has 0 fully saturated rings. The highest BCUT2D eigenvalue weighted by Crippen LogP contribution is 2.32. The van der Waals surface area contributed by atoms with Gasteiger partial charge < -0.3 is 36.6 Å². The number of amidine groups is 1. The van der Waals surface area contributed by atoms with Gasteiger partial charge in [0.2, 0.25) is 0 Å². The van der Waals surface area contributed by atoms with Crippen molar-refractivity contribution >= 4 is 23.4 Å². The van der Waals surface area contributed by atoms with Crippen molar-refractivity contribution in [1.29, 1.82) is 0 Å². The molecule has 10 nitrogen and oxygen atoms in total. The molecule has 29 heavy (non-hydrogen) atoms. The standard InChI is InChI=1S/C19H22N4O6/c1-2-28-13-7-8-15(29-10-16(20)24)14(9-13)17(19(25)26)22-12-5-3-11(4-6-12)18(21)23-27/h3-9,17,22,27H,2,10H2,1H3,(H2,20,24)(H2,21,23)(H,25,26). The van der Waals surface area contributed by atoms with Crippen molar-refractivity contribution in [2.45, 2.75) is 13.0 Å². The number of amides is 1. The number of primary amides is 1. The van der Waals surface area contributed by atoms with Gasteiger partial charge in [0.25, 0.3) is 5.91 Å². The van der Waals surface area contributed by atoms with Crippen LogP contribution in [0.15, 0.2) is 47.6 Å². The summed E-state index contributed by atoms with van der Waals surface area (Å²) in [6.45, 7) is 1.79. The lowest BCUT2D eigenvalue weighted by molar-refractivity contribution is -0.138. The molecule has 0 aliphatic heterocycles. The van der Waals surface area contributed by atoms with Crippen molar-refractivity contribution in [3.63, 3.8) is 0 Å². The largest absolute Gasteiger partial charge is 0.494 e. The third-order valence-electron chi connectivity index (χ3n) is 3.82. The zero-order valence-electron chi connectivity index (χ0n) is 15.7. The number of carbonyl (C=O) groups excluding carboxylic acids is 1. The van der Waals surface area contributed by atoms with Gasteiger partial charge in [0, 0.05) is 16.8 Å². The van der Waals surface area contributed by atoms with Gasteiger partial charge in [-0.2, -0.15) is 0 Å². The van der Waals surface area contributed by atoms with Gasteiger partial charge in [0.15, 0.2) is 18.5 Å². The van der Waals surface area contributed by atoms with Crippen LogP contribution in [-0.2, 0) is 9.59 Å². The van der Waals surface area contributed by atoms with Gasteiger partial charge in [-0.25, -0.2) is 4.79 Å². The Kier molecular flexibility index (Phi) is 7.24. The molecule has 0 aromatic heterocycles. The van der Waals surface area contributed by atoms with Gasteiger partial charge in [-0.05, 0) is 49.4 Å². The van der Waals surface area contributed by atoms with Crippen LogP contribution < -0.4 is 26.3 Å². The molecule has 0 bridgehead atoms. The first-order valence-corrected chi connectivity index (χ1v) is 8.60. The molecule has 1 atom stereocenters. The summed E-state index contributed by atoms with van der Waals surface area (Å²) in [5.41, 5.74) is 11.8. The molecule has 0 aliphatic rings. The number of oxime groups is 1. The fourth-order valence-corrected chi connectivity index (χ4v) is 2.52. The average molecular weight is 402 g/mol. The molecular weight excluding hydrogens is 380 g/mol. The maximum Gasteiger partial charge on any atom is 0.330 e. The van der Waals surface area contributed by atoms with E-state index >= 15 is 0 Å². The Morgan fingerprint density at radius 1 is 1.14 bits per heavy atom. The molecule has 2 aromatic rings. The minimum Gasteiger partial charge on any atom is -0.494 e. The Labute approximate surface area is 166 Å². The highest BCUT2D eigenvalue weighted by Gasteiger charge is 2.25. The number of hydrogen-bond donors (Lipinski definition) is 5. The van der Waals surface area contributed by atoms with E-state index in [0.717, 1.165) is 0 Å². The molecule has 7 N–H and O–H groups in total. The average Bonchev–Trinajstić information content (AvgIpc) is 2.70. The lowest BCUT2D eigenvalue weighted by Crippen LogP contribution is -2.24. The molecule has 2 rings (SSSR count). The molecule has 0 saturated heterocycles. The van der Waals surface area contributed by atoms with E-state index in [2.05, 4.69) is 10.5 Å². The minimum atomic E-state index is -1.21. The van der Waals surface area contributed by atoms with Crippen LogP contribution in [0.2, 0.25) is 0 Å². The van der Waals surface area contributed by atoms with E-state index < -0.39 is 24.5 Å². The van der Waals surface area contributed by atoms with Crippen molar-refractivity contribution in [3.05, 3.63) is 53.6 Å². The molecule has 154 valence electrons. The molecule has 2 aromatic carbocycles. The van der Waals surface area contributed by atoms with Crippen molar-refractivity contribution in [3.8, 4) is 11.5 Å². The Bertz CT molecular complexity index is 898. The van der Waals surface area contributed by atoms with Crippen LogP contribution in [0, 0.1) is 0 Å². The van der Waals surface area contributed by atoms with E-state index in [9.17, 15) is 14.7 Å². The normalized spacial score (nSPS) is 12.1. The van der Waals surface area contributed by atoms with Crippen molar-refractivity contribution < 1.29 is 29.4 Å². The lowest BCUT2D eigenvalue weighted by Gasteiger charge is -2.20. The highest BCUT2D eigenvalue weighted by molar-refractivity contribution is 5.97. The highest BCUT2D eigenvalue weighted by atomic mass is 16.5. The smallest absolute Gasteiger partial charge is 0.330 e. The molecule has 1 unspecified atom stereocenters. The van der Waals surface area contributed by atoms with Gasteiger partial charge in [0.05, 0.1) is 6.61 Å². The summed E-state index contributed by atoms with van der Waals surface area (Å²) in [7, 11) is 0. The van der Waals surface area contributed by atoms with E-state index in [1.54, 1.807) is 37.3 Å². The molecule has 0 heterocycles. The van der Waals surface area contributed by atoms with Crippen LogP contribution in [0.25, 0.3) is 0 Å². The number of nitrogens with zero attached hydrogens (tertiary/aromatic N) is 1. The lowest BCUT2D eigenvalue weighted by atomic mass is 10.0. The Hall–Kier alpha value is -3.95. The van der Waals surface area contributed by atoms with Crippen LogP contribution in [0.3, 0.4) is 0 Å². The van der Waals surface area contributed by atoms with E-state index in [0.29, 0.717) is 23.6 Å². The zero-order chi connectivity index (χ0) is 21.4. The Morgan fingerprint density at radius 2 is 1.83 bits per heavy atom. The van der Waals surface area contributed by atoms with Crippen LogP contribution >= 0.6 is 0 Å². The maximum atomic E-state index is 12.0. The SMILES string of the molecule is CCOc1ccc(OCC(N)=O)c(C(Nc2ccc(/C(N)=N\O)cc2)C(=O)O)c1. The third-order valence-corrected chi connectivity index (χ3v) is 3.82. The van der Waals surface area contributed by atoms with E-state index in [1.165, 1.54) is 12.1 Å². The molecule has 1 amide bonds. The summed E-state index contributed by atoms with van der Waals surface area (Å²) < 4.78 is 10.8. The molecule has 0 radical (unpaired) electrons. The molecule has 10 heteroatoms. The number of ether oxygens (including phenoxy) is 2. The molecule has 0 aliphatic carbocycles. The summed E-state index contributed by atoms with van der Waals surface area (Å²) in [5, 5.41) is 24.3. The summed E-state index contributed by atoms with van der Waals surface area (Å²) in [4.78, 5) is 23.0. The second-order valence-corrected chi connectivity index (χ2v) is 5.87. The second kappa shape index (κ2) is 9.83. The summed E-state index contributed by atoms with van der Waals surface area (Å²) in [6, 6.07) is 9.73. The van der Waals surface area contributed by atoms with Crippen molar-refractivity contribution in [1.82, 2.24) is 0 Å². The third kappa shape index (κ3) is 5.76. The van der Waals surface area contributed by atoms with Crippen LogP contribution in [0.4, 0.5) is 5.69 Å². The molecule has 0 saturated carbocycles. The van der Waals surface area contributed by atoms with Crippen LogP contribution in [-0.4, -0.2) is 41.2 Å². The topological polar surface area (TPSA) is 169 Å². The van der Waals surface area contributed by atoms with Crippen LogP contribution in [0.5, 0.6) is 11.5 Å². The van der Waals surface area contributed by atoms with Crippen molar-refractivity contribution in [2.24, 2.45) is 16.6 Å². The number of rotatable bonds is 10. The minimum absolute atomic E-state index is 0.0714. The first kappa shape index (κ1) is 21.4. The second-order valence-electron chi connectivity index (χ2n) is 5.87. The van der Waals surface area contributed by atoms with Gasteiger partial charge >= 0.3 is 5.97 Å². The number of carbonyl (C=O) groups is 2. The van der Waals surface area contributed by atoms with Gasteiger partial charge in [-0.3, -0.25) is 4.79 Å². The fourth-order valence-electron chi connectivity index (χ4n) is 2.52. The number of hydrogen-bond acceptors (Lipinski definition) is 7. The van der Waals surface area contributed by atoms with Gasteiger partial charge in [-0.1, -0.05) is 5.16 Å². The van der Waals surface area contributed by atoms with Gasteiger partial charge in [-0.15, -0.1) is 0 Å². The summed E-state index contributed by atoms with van der Waals surface area (Å²) in [6.07, 6.45) is 0. The molecule has 0 spiro atoms. The zero-order valence-corrected chi connectivity index (χ0v) is 15.7. The predicted octanol–water partition coefficient (Wildman–Crippen LogP) is 1.28. The van der Waals surface area contributed by atoms with E-state index in [-0.39, 0.29) is 17.1 Å². The number of nitrogens with two attached hydrogens (primary N) is 2. The predicted molar refractivity (Wildman–Crippen MR) is 105 cm³/mol. The number of carboxylic acid groups (broad SMARTS) is 1. The first-order valence-electron chi connectivity index (χ1n) is 8.60. The Balaban J connectivity index is 2.38. The summed E-state index contributed by atoms with van der Waals surface area (Å²) in [5.74, 6) is -1.31. The number of carboxylic acids is 1. The van der Waals surface area contributed by atoms with E-state index in [4.69, 9.17) is 26.1 Å². The van der Waals surface area contributed by atoms with Crippen molar-refractivity contribution in [2.75, 3.05) is 18.5 Å². The summed E-state index contributed by atoms with van der Waals surface area (Å²) >= 11 is 0. The van der Waals surface area contributed by atoms with Gasteiger partial charge in [0.1, 0.15) is 11.5 Å². The number of benzene rings is 2. The number of nitrogens with one attached hydrogen (secondary N) is 1. The van der Waals surface area contributed by atoms with Crippen LogP contribution in [0.1, 0.15) is 24.1 Å².